The van der Waals surface area contributed by atoms with Crippen molar-refractivity contribution in [1.29, 1.82) is 0 Å². The Bertz CT molecular complexity index is 727. The van der Waals surface area contributed by atoms with Crippen molar-refractivity contribution < 1.29 is 14.0 Å². The first kappa shape index (κ1) is 23.2. The highest BCUT2D eigenvalue weighted by Crippen LogP contribution is 2.26. The van der Waals surface area contributed by atoms with Crippen LogP contribution in [0, 0.1) is 11.8 Å². The maximum atomic E-state index is 12.3. The third-order valence-corrected chi connectivity index (χ3v) is 6.44. The lowest BCUT2D eigenvalue weighted by Gasteiger charge is -2.22. The van der Waals surface area contributed by atoms with Crippen LogP contribution in [0.15, 0.2) is 26.8 Å². The summed E-state index contributed by atoms with van der Waals surface area (Å²) in [7, 11) is 0. The average Bonchev–Trinajstić information content (AvgIpc) is 3.29. The second-order valence-corrected chi connectivity index (χ2v) is 8.87. The van der Waals surface area contributed by atoms with E-state index >= 15 is 0 Å². The van der Waals surface area contributed by atoms with Gasteiger partial charge in [0.15, 0.2) is 11.5 Å². The Hall–Kier alpha value is -2.44. The largest absolute Gasteiger partial charge is 0.446 e. The normalized spacial score (nSPS) is 21.5. The molecule has 2 amide bonds. The fraction of sp³-hybridized carbons (Fsp3) is 0.667. The molecule has 2 fully saturated rings. The summed E-state index contributed by atoms with van der Waals surface area (Å²) in [5.74, 6) is 0.816. The number of nitrogens with one attached hydrogen (secondary N) is 2. The molecule has 1 aromatic heterocycles. The van der Waals surface area contributed by atoms with Crippen LogP contribution in [0.5, 0.6) is 0 Å². The molecule has 2 aliphatic rings. The SMILES string of the molecule is CCCC1CCC(=NNC(=O)c2ccc(C(=O)NN=C3CCC(CCC)CC3)o2)CC1. The average molecular weight is 429 g/mol. The van der Waals surface area contributed by atoms with E-state index in [0.29, 0.717) is 0 Å². The van der Waals surface area contributed by atoms with Gasteiger partial charge in [0.1, 0.15) is 0 Å². The first-order valence-electron chi connectivity index (χ1n) is 11.9. The summed E-state index contributed by atoms with van der Waals surface area (Å²) < 4.78 is 5.42. The molecule has 7 heteroatoms. The van der Waals surface area contributed by atoms with Crippen molar-refractivity contribution in [1.82, 2.24) is 10.9 Å². The van der Waals surface area contributed by atoms with Gasteiger partial charge in [0.05, 0.1) is 0 Å². The number of nitrogens with zero attached hydrogens (tertiary/aromatic N) is 2. The van der Waals surface area contributed by atoms with E-state index in [4.69, 9.17) is 4.42 Å². The van der Waals surface area contributed by atoms with Crippen LogP contribution >= 0.6 is 0 Å². The number of rotatable bonds is 8. The number of hydrogen-bond donors (Lipinski definition) is 2. The molecule has 0 saturated heterocycles. The van der Waals surface area contributed by atoms with Crippen molar-refractivity contribution in [3.05, 3.63) is 23.7 Å². The van der Waals surface area contributed by atoms with Crippen LogP contribution in [-0.4, -0.2) is 23.2 Å². The summed E-state index contributed by atoms with van der Waals surface area (Å²) in [6, 6.07) is 2.98. The van der Waals surface area contributed by atoms with Gasteiger partial charge < -0.3 is 4.42 Å². The quantitative estimate of drug-likeness (QED) is 0.540. The smallest absolute Gasteiger partial charge is 0.307 e. The zero-order valence-corrected chi connectivity index (χ0v) is 18.9. The second-order valence-electron chi connectivity index (χ2n) is 8.87. The van der Waals surface area contributed by atoms with Crippen molar-refractivity contribution in [2.75, 3.05) is 0 Å². The van der Waals surface area contributed by atoms with Gasteiger partial charge in [0, 0.05) is 11.4 Å². The number of carbonyl (C=O) groups is 2. The van der Waals surface area contributed by atoms with Crippen LogP contribution in [0.1, 0.15) is 112 Å². The fourth-order valence-electron chi connectivity index (χ4n) is 4.59. The Kier molecular flexibility index (Phi) is 8.85. The minimum absolute atomic E-state index is 0.0712. The van der Waals surface area contributed by atoms with Crippen LogP contribution in [0.2, 0.25) is 0 Å². The monoisotopic (exact) mass is 428 g/mol. The van der Waals surface area contributed by atoms with Gasteiger partial charge in [0.25, 0.3) is 0 Å². The minimum Gasteiger partial charge on any atom is -0.446 e. The molecule has 2 saturated carbocycles. The Morgan fingerprint density at radius 2 is 1.19 bits per heavy atom. The van der Waals surface area contributed by atoms with Crippen molar-refractivity contribution in [2.24, 2.45) is 22.0 Å². The van der Waals surface area contributed by atoms with E-state index in [0.717, 1.165) is 74.6 Å². The Morgan fingerprint density at radius 3 is 1.55 bits per heavy atom. The first-order valence-corrected chi connectivity index (χ1v) is 11.9. The molecule has 170 valence electrons. The Morgan fingerprint density at radius 1 is 0.806 bits per heavy atom. The molecule has 0 aliphatic heterocycles. The molecule has 0 aromatic carbocycles. The topological polar surface area (TPSA) is 96.1 Å². The van der Waals surface area contributed by atoms with Crippen LogP contribution in [0.4, 0.5) is 0 Å². The van der Waals surface area contributed by atoms with E-state index in [-0.39, 0.29) is 11.5 Å². The summed E-state index contributed by atoms with van der Waals surface area (Å²) in [5.41, 5.74) is 7.17. The highest BCUT2D eigenvalue weighted by atomic mass is 16.4. The molecule has 2 aliphatic carbocycles. The summed E-state index contributed by atoms with van der Waals surface area (Å²) in [5, 5.41) is 8.52. The molecular weight excluding hydrogens is 392 g/mol. The standard InChI is InChI=1S/C24H36N4O3/c1-3-5-17-7-11-19(12-8-17)25-27-23(29)21-15-16-22(31-21)24(30)28-26-20-13-9-18(6-4-2)10-14-20/h15-18H,3-14H2,1-2H3,(H,27,29)(H,28,30). The van der Waals surface area contributed by atoms with Gasteiger partial charge in [-0.1, -0.05) is 39.5 Å². The summed E-state index contributed by atoms with van der Waals surface area (Å²) in [6.07, 6.45) is 13.2. The molecule has 1 heterocycles. The van der Waals surface area contributed by atoms with Gasteiger partial charge in [-0.25, -0.2) is 10.9 Å². The van der Waals surface area contributed by atoms with E-state index in [1.807, 2.05) is 0 Å². The van der Waals surface area contributed by atoms with E-state index in [1.165, 1.54) is 37.8 Å². The Balaban J connectivity index is 1.45. The third-order valence-electron chi connectivity index (χ3n) is 6.44. The van der Waals surface area contributed by atoms with Crippen molar-refractivity contribution in [2.45, 2.75) is 90.9 Å². The maximum Gasteiger partial charge on any atom is 0.307 e. The summed E-state index contributed by atoms with van der Waals surface area (Å²) in [4.78, 5) is 24.6. The number of hydrazone groups is 2. The lowest BCUT2D eigenvalue weighted by Crippen LogP contribution is -2.23. The maximum absolute atomic E-state index is 12.3. The molecule has 0 bridgehead atoms. The molecule has 31 heavy (non-hydrogen) atoms. The Labute approximate surface area is 185 Å². The van der Waals surface area contributed by atoms with Gasteiger partial charge in [-0.3, -0.25) is 9.59 Å². The zero-order chi connectivity index (χ0) is 22.1. The van der Waals surface area contributed by atoms with Crippen molar-refractivity contribution in [3.63, 3.8) is 0 Å². The predicted molar refractivity (Wildman–Crippen MR) is 122 cm³/mol. The second kappa shape index (κ2) is 11.8. The molecule has 7 nitrogen and oxygen atoms in total. The molecule has 0 radical (unpaired) electrons. The molecule has 0 unspecified atom stereocenters. The van der Waals surface area contributed by atoms with E-state index in [9.17, 15) is 9.59 Å². The number of hydrogen-bond acceptors (Lipinski definition) is 5. The van der Waals surface area contributed by atoms with Crippen LogP contribution in [0.25, 0.3) is 0 Å². The third kappa shape index (κ3) is 7.04. The highest BCUT2D eigenvalue weighted by molar-refractivity contribution is 5.97. The molecular formula is C24H36N4O3. The number of furan rings is 1. The van der Waals surface area contributed by atoms with Crippen molar-refractivity contribution >= 4 is 23.2 Å². The molecule has 0 spiro atoms. The van der Waals surface area contributed by atoms with Gasteiger partial charge in [-0.2, -0.15) is 10.2 Å². The van der Waals surface area contributed by atoms with Gasteiger partial charge in [-0.05, 0) is 75.3 Å². The van der Waals surface area contributed by atoms with E-state index in [2.05, 4.69) is 34.9 Å². The van der Waals surface area contributed by atoms with Gasteiger partial charge in [-0.15, -0.1) is 0 Å². The molecule has 1 aromatic rings. The minimum atomic E-state index is -0.442. The molecule has 0 atom stereocenters. The molecule has 2 N–H and O–H groups in total. The summed E-state index contributed by atoms with van der Waals surface area (Å²) >= 11 is 0. The summed E-state index contributed by atoms with van der Waals surface area (Å²) in [6.45, 7) is 4.43. The predicted octanol–water partition coefficient (Wildman–Crippen LogP) is 5.43. The van der Waals surface area contributed by atoms with E-state index < -0.39 is 11.8 Å². The zero-order valence-electron chi connectivity index (χ0n) is 18.9. The van der Waals surface area contributed by atoms with Gasteiger partial charge in [0.2, 0.25) is 0 Å². The highest BCUT2D eigenvalue weighted by Gasteiger charge is 2.20. The lowest BCUT2D eigenvalue weighted by atomic mass is 9.85. The van der Waals surface area contributed by atoms with Gasteiger partial charge >= 0.3 is 11.8 Å². The van der Waals surface area contributed by atoms with Crippen LogP contribution in [0.3, 0.4) is 0 Å². The fourth-order valence-corrected chi connectivity index (χ4v) is 4.59. The first-order chi connectivity index (χ1) is 15.1. The molecule has 3 rings (SSSR count). The van der Waals surface area contributed by atoms with Crippen LogP contribution in [-0.2, 0) is 0 Å². The number of carbonyl (C=O) groups excluding carboxylic acids is 2. The lowest BCUT2D eigenvalue weighted by molar-refractivity contribution is 0.0901. The van der Waals surface area contributed by atoms with Crippen LogP contribution < -0.4 is 10.9 Å². The number of amides is 2. The van der Waals surface area contributed by atoms with E-state index in [1.54, 1.807) is 0 Å². The van der Waals surface area contributed by atoms with Crippen molar-refractivity contribution in [3.8, 4) is 0 Å².